The molecule has 10 heteroatoms. The van der Waals surface area contributed by atoms with Crippen molar-refractivity contribution in [2.24, 2.45) is 0 Å². The van der Waals surface area contributed by atoms with Crippen molar-refractivity contribution in [3.63, 3.8) is 0 Å². The van der Waals surface area contributed by atoms with E-state index in [4.69, 9.17) is 0 Å². The van der Waals surface area contributed by atoms with Crippen molar-refractivity contribution in [3.05, 3.63) is 76.4 Å². The maximum Gasteiger partial charge on any atom is 0.255 e. The Morgan fingerprint density at radius 3 is 2.52 bits per heavy atom. The summed E-state index contributed by atoms with van der Waals surface area (Å²) in [4.78, 5) is 50.0. The minimum absolute atomic E-state index is 0.0493. The summed E-state index contributed by atoms with van der Waals surface area (Å²) in [5.74, 6) is -0.805. The Morgan fingerprint density at radius 2 is 1.88 bits per heavy atom. The van der Waals surface area contributed by atoms with Gasteiger partial charge in [0.2, 0.25) is 11.8 Å². The largest absolute Gasteiger partial charge is 0.391 e. The van der Waals surface area contributed by atoms with Crippen LogP contribution in [0.5, 0.6) is 0 Å². The van der Waals surface area contributed by atoms with Gasteiger partial charge in [0, 0.05) is 36.4 Å². The highest BCUT2D eigenvalue weighted by Crippen LogP contribution is 2.39. The quantitative estimate of drug-likeness (QED) is 0.368. The third kappa shape index (κ3) is 6.11. The number of nitrogens with one attached hydrogen (secondary N) is 1. The zero-order valence-corrected chi connectivity index (χ0v) is 26.3. The number of aliphatic hydroxyl groups excluding tert-OH is 1. The number of fused-ring (bicyclic) bond motifs is 1. The van der Waals surface area contributed by atoms with Crippen LogP contribution in [-0.4, -0.2) is 72.3 Å². The van der Waals surface area contributed by atoms with Gasteiger partial charge in [-0.25, -0.2) is 4.98 Å². The number of benzene rings is 2. The Bertz CT molecular complexity index is 1470. The number of thioether (sulfide) groups is 1. The molecule has 3 heterocycles. The molecule has 1 fully saturated rings. The molecule has 2 aliphatic rings. The lowest BCUT2D eigenvalue weighted by molar-refractivity contribution is -0.143. The highest BCUT2D eigenvalue weighted by Gasteiger charge is 2.50. The zero-order valence-electron chi connectivity index (χ0n) is 24.7. The smallest absolute Gasteiger partial charge is 0.255 e. The Morgan fingerprint density at radius 1 is 1.17 bits per heavy atom. The van der Waals surface area contributed by atoms with E-state index in [0.717, 1.165) is 27.3 Å². The summed E-state index contributed by atoms with van der Waals surface area (Å²) in [6, 6.07) is 13.8. The summed E-state index contributed by atoms with van der Waals surface area (Å²) in [7, 11) is 0. The van der Waals surface area contributed by atoms with Gasteiger partial charge in [-0.05, 0) is 48.8 Å². The summed E-state index contributed by atoms with van der Waals surface area (Å²) >= 11 is 3.22. The molecule has 2 aliphatic heterocycles. The average molecular weight is 607 g/mol. The lowest BCUT2D eigenvalue weighted by Gasteiger charge is -2.42. The second-order valence-electron chi connectivity index (χ2n) is 11.8. The van der Waals surface area contributed by atoms with E-state index in [1.807, 2.05) is 68.7 Å². The molecule has 0 bridgehead atoms. The summed E-state index contributed by atoms with van der Waals surface area (Å²) in [5, 5.41) is 13.8. The van der Waals surface area contributed by atoms with Crippen LogP contribution < -0.4 is 5.32 Å². The number of likely N-dealkylation sites (tertiary alicyclic amines) is 1. The maximum absolute atomic E-state index is 14.4. The van der Waals surface area contributed by atoms with Crippen LogP contribution in [-0.2, 0) is 22.7 Å². The number of carbonyl (C=O) groups excluding carboxylic acids is 3. The molecule has 1 aromatic heterocycles. The number of hydrogen-bond donors (Lipinski definition) is 2. The fourth-order valence-corrected chi connectivity index (χ4v) is 8.47. The highest BCUT2D eigenvalue weighted by atomic mass is 32.2. The maximum atomic E-state index is 14.4. The van der Waals surface area contributed by atoms with E-state index >= 15 is 0 Å². The van der Waals surface area contributed by atoms with E-state index in [-0.39, 0.29) is 35.9 Å². The third-order valence-corrected chi connectivity index (χ3v) is 10.2. The molecular weight excluding hydrogens is 569 g/mol. The van der Waals surface area contributed by atoms with Gasteiger partial charge < -0.3 is 20.2 Å². The molecular formula is C32H38N4O4S2. The second kappa shape index (κ2) is 12.2. The number of nitrogens with zero attached hydrogens (tertiary/aromatic N) is 3. The first-order valence-electron chi connectivity index (χ1n) is 14.3. The van der Waals surface area contributed by atoms with Crippen LogP contribution in [0.3, 0.4) is 0 Å². The minimum Gasteiger partial charge on any atom is -0.391 e. The Hall–Kier alpha value is -3.21. The Balaban J connectivity index is 1.34. The van der Waals surface area contributed by atoms with E-state index in [0.29, 0.717) is 18.7 Å². The second-order valence-corrected chi connectivity index (χ2v) is 14.9. The molecule has 5 rings (SSSR count). The van der Waals surface area contributed by atoms with Gasteiger partial charge in [-0.1, -0.05) is 56.3 Å². The summed E-state index contributed by atoms with van der Waals surface area (Å²) in [5.41, 5.74) is 6.31. The molecule has 3 aromatic rings. The molecule has 0 spiro atoms. The summed E-state index contributed by atoms with van der Waals surface area (Å²) in [6.07, 6.45) is -0.667. The molecule has 0 radical (unpaired) electrons. The molecule has 3 amide bonds. The molecule has 1 saturated heterocycles. The third-order valence-electron chi connectivity index (χ3n) is 7.89. The normalized spacial score (nSPS) is 19.4. The van der Waals surface area contributed by atoms with Gasteiger partial charge in [-0.3, -0.25) is 14.4 Å². The molecule has 2 N–H and O–H groups in total. The van der Waals surface area contributed by atoms with Crippen molar-refractivity contribution in [3.8, 4) is 10.4 Å². The van der Waals surface area contributed by atoms with E-state index in [2.05, 4.69) is 24.1 Å². The van der Waals surface area contributed by atoms with Gasteiger partial charge in [0.05, 0.1) is 22.2 Å². The number of thiazole rings is 1. The molecule has 0 aliphatic carbocycles. The lowest BCUT2D eigenvalue weighted by atomic mass is 9.99. The molecule has 2 aromatic carbocycles. The molecule has 222 valence electrons. The Labute approximate surface area is 255 Å². The van der Waals surface area contributed by atoms with Crippen molar-refractivity contribution in [2.75, 3.05) is 6.54 Å². The van der Waals surface area contributed by atoms with E-state index < -0.39 is 22.9 Å². The van der Waals surface area contributed by atoms with Crippen molar-refractivity contribution in [2.45, 2.75) is 82.3 Å². The van der Waals surface area contributed by atoms with E-state index in [9.17, 15) is 19.5 Å². The minimum atomic E-state index is -0.825. The van der Waals surface area contributed by atoms with Crippen molar-refractivity contribution in [1.82, 2.24) is 20.1 Å². The van der Waals surface area contributed by atoms with Gasteiger partial charge in [-0.15, -0.1) is 11.3 Å². The first kappa shape index (κ1) is 30.3. The number of aryl methyl sites for hydroxylation is 1. The standard InChI is InChI=1S/C32H38N4O4S2/c1-19(2)42-32(4,5)28(36-16-23-8-6-7-9-25(23)30(36)39)31(40)35-17-24(37)14-26(35)29(38)33-15-21-10-12-22(13-11-21)27-20(3)34-18-41-27/h6-13,18-19,24,26,28,37H,14-17H2,1-5H3,(H,33,38)/t24-,26?,28-/m1/s1. The zero-order chi connectivity index (χ0) is 30.2. The number of rotatable bonds is 9. The monoisotopic (exact) mass is 606 g/mol. The van der Waals surface area contributed by atoms with Gasteiger partial charge in [0.1, 0.15) is 12.1 Å². The predicted octanol–water partition coefficient (Wildman–Crippen LogP) is 4.64. The van der Waals surface area contributed by atoms with Gasteiger partial charge in [0.25, 0.3) is 5.91 Å². The highest BCUT2D eigenvalue weighted by molar-refractivity contribution is 8.01. The lowest BCUT2D eigenvalue weighted by Crippen LogP contribution is -2.60. The van der Waals surface area contributed by atoms with Crippen LogP contribution >= 0.6 is 23.1 Å². The van der Waals surface area contributed by atoms with Crippen molar-refractivity contribution < 1.29 is 19.5 Å². The SMILES string of the molecule is Cc1ncsc1-c1ccc(CNC(=O)C2C[C@@H](O)CN2C(=O)[C@@H](N2Cc3ccccc3C2=O)C(C)(C)SC(C)C)cc1. The first-order valence-corrected chi connectivity index (χ1v) is 16.0. The van der Waals surface area contributed by atoms with Crippen LogP contribution in [0.1, 0.15) is 61.3 Å². The van der Waals surface area contributed by atoms with Crippen molar-refractivity contribution >= 4 is 40.8 Å². The average Bonchev–Trinajstić information content (AvgIpc) is 3.64. The van der Waals surface area contributed by atoms with Crippen molar-refractivity contribution in [1.29, 1.82) is 0 Å². The molecule has 1 unspecified atom stereocenters. The van der Waals surface area contributed by atoms with Crippen LogP contribution in [0.15, 0.2) is 54.0 Å². The molecule has 0 saturated carbocycles. The number of hydrogen-bond acceptors (Lipinski definition) is 7. The fraction of sp³-hybridized carbons (Fsp3) is 0.438. The number of aromatic nitrogens is 1. The van der Waals surface area contributed by atoms with E-state index in [1.54, 1.807) is 34.1 Å². The van der Waals surface area contributed by atoms with Crippen LogP contribution in [0.4, 0.5) is 0 Å². The number of carbonyl (C=O) groups is 3. The number of amides is 3. The molecule has 8 nitrogen and oxygen atoms in total. The van der Waals surface area contributed by atoms with Crippen LogP contribution in [0.2, 0.25) is 0 Å². The Kier molecular flexibility index (Phi) is 8.78. The van der Waals surface area contributed by atoms with E-state index in [1.165, 1.54) is 4.90 Å². The van der Waals surface area contributed by atoms with Gasteiger partial charge >= 0.3 is 0 Å². The predicted molar refractivity (Wildman–Crippen MR) is 167 cm³/mol. The first-order chi connectivity index (χ1) is 20.0. The molecule has 3 atom stereocenters. The van der Waals surface area contributed by atoms with Gasteiger partial charge in [-0.2, -0.15) is 11.8 Å². The summed E-state index contributed by atoms with van der Waals surface area (Å²) in [6.45, 7) is 10.8. The van der Waals surface area contributed by atoms with Gasteiger partial charge in [0.15, 0.2) is 0 Å². The number of β-amino-alcohol motifs (C(OH)–C–C–N with tert-alkyl or cyclic N) is 1. The van der Waals surface area contributed by atoms with Crippen LogP contribution in [0.25, 0.3) is 10.4 Å². The molecule has 42 heavy (non-hydrogen) atoms. The number of aliphatic hydroxyl groups is 1. The van der Waals surface area contributed by atoms with Crippen LogP contribution in [0, 0.1) is 6.92 Å². The fourth-order valence-electron chi connectivity index (χ4n) is 6.09. The topological polar surface area (TPSA) is 103 Å². The summed E-state index contributed by atoms with van der Waals surface area (Å²) < 4.78 is -0.643.